The summed E-state index contributed by atoms with van der Waals surface area (Å²) in [5.41, 5.74) is 4.69. The van der Waals surface area contributed by atoms with Crippen LogP contribution >= 0.6 is 0 Å². The van der Waals surface area contributed by atoms with Crippen molar-refractivity contribution >= 4 is 11.8 Å². The molecular formula is C20H22N4. The average molecular weight is 318 g/mol. The number of benzene rings is 2. The smallest absolute Gasteiger partial charge is 0.225 e. The van der Waals surface area contributed by atoms with Gasteiger partial charge in [-0.05, 0) is 30.5 Å². The Kier molecular flexibility index (Phi) is 5.06. The molecule has 2 N–H and O–H groups in total. The number of nitrogens with zero attached hydrogens (tertiary/aromatic N) is 2. The van der Waals surface area contributed by atoms with Crippen molar-refractivity contribution in [1.29, 1.82) is 0 Å². The van der Waals surface area contributed by atoms with Crippen LogP contribution in [0.2, 0.25) is 0 Å². The highest BCUT2D eigenvalue weighted by Gasteiger charge is 2.03. The van der Waals surface area contributed by atoms with Crippen LogP contribution in [0.4, 0.5) is 11.8 Å². The van der Waals surface area contributed by atoms with Gasteiger partial charge in [0.2, 0.25) is 5.95 Å². The number of aryl methyl sites for hydroxylation is 2. The number of nitrogens with one attached hydrogen (secondary N) is 2. The van der Waals surface area contributed by atoms with E-state index >= 15 is 0 Å². The van der Waals surface area contributed by atoms with Crippen molar-refractivity contribution < 1.29 is 0 Å². The van der Waals surface area contributed by atoms with Gasteiger partial charge in [0, 0.05) is 24.8 Å². The zero-order valence-corrected chi connectivity index (χ0v) is 14.1. The van der Waals surface area contributed by atoms with Crippen LogP contribution < -0.4 is 10.6 Å². The van der Waals surface area contributed by atoms with E-state index in [1.807, 2.05) is 31.2 Å². The minimum absolute atomic E-state index is 0.645. The van der Waals surface area contributed by atoms with Crippen LogP contribution in [0.3, 0.4) is 0 Å². The summed E-state index contributed by atoms with van der Waals surface area (Å²) in [5, 5.41) is 6.68. The van der Waals surface area contributed by atoms with Crippen LogP contribution in [0.25, 0.3) is 0 Å². The second kappa shape index (κ2) is 7.59. The maximum atomic E-state index is 4.56. The molecule has 2 aromatic carbocycles. The van der Waals surface area contributed by atoms with Gasteiger partial charge in [-0.2, -0.15) is 4.98 Å². The maximum absolute atomic E-state index is 4.56. The third kappa shape index (κ3) is 4.32. The Morgan fingerprint density at radius 2 is 1.54 bits per heavy atom. The van der Waals surface area contributed by atoms with Crippen molar-refractivity contribution in [3.05, 3.63) is 83.0 Å². The molecule has 0 aliphatic heterocycles. The van der Waals surface area contributed by atoms with Crippen molar-refractivity contribution in [2.45, 2.75) is 26.9 Å². The Bertz CT molecular complexity index is 800. The highest BCUT2D eigenvalue weighted by molar-refractivity contribution is 5.43. The average Bonchev–Trinajstić information content (AvgIpc) is 2.60. The largest absolute Gasteiger partial charge is 0.366 e. The van der Waals surface area contributed by atoms with Gasteiger partial charge < -0.3 is 10.6 Å². The molecule has 4 heteroatoms. The zero-order valence-electron chi connectivity index (χ0n) is 14.1. The fourth-order valence-electron chi connectivity index (χ4n) is 2.51. The van der Waals surface area contributed by atoms with E-state index < -0.39 is 0 Å². The summed E-state index contributed by atoms with van der Waals surface area (Å²) < 4.78 is 0. The van der Waals surface area contributed by atoms with Gasteiger partial charge in [-0.3, -0.25) is 0 Å². The van der Waals surface area contributed by atoms with Gasteiger partial charge in [-0.1, -0.05) is 54.6 Å². The van der Waals surface area contributed by atoms with Crippen molar-refractivity contribution in [3.8, 4) is 0 Å². The standard InChI is InChI=1S/C20H22N4/c1-15-8-6-7-11-18(15)14-21-19-12-16(2)23-20(24-19)22-13-17-9-4-3-5-10-17/h3-12H,13-14H2,1-2H3,(H2,21,22,23,24). The molecule has 0 saturated carbocycles. The molecule has 0 fully saturated rings. The lowest BCUT2D eigenvalue weighted by Crippen LogP contribution is -2.08. The van der Waals surface area contributed by atoms with Crippen molar-refractivity contribution in [2.24, 2.45) is 0 Å². The molecule has 24 heavy (non-hydrogen) atoms. The Balaban J connectivity index is 1.66. The molecule has 122 valence electrons. The molecule has 0 aliphatic rings. The molecule has 0 atom stereocenters. The fourth-order valence-corrected chi connectivity index (χ4v) is 2.51. The number of hydrogen-bond donors (Lipinski definition) is 2. The summed E-state index contributed by atoms with van der Waals surface area (Å²) in [6.45, 7) is 5.56. The predicted molar refractivity (Wildman–Crippen MR) is 99.0 cm³/mol. The summed E-state index contributed by atoms with van der Waals surface area (Å²) in [4.78, 5) is 9.02. The predicted octanol–water partition coefficient (Wildman–Crippen LogP) is 4.32. The molecule has 0 aliphatic carbocycles. The molecule has 1 aromatic heterocycles. The molecule has 3 rings (SSSR count). The Hall–Kier alpha value is -2.88. The maximum Gasteiger partial charge on any atom is 0.225 e. The van der Waals surface area contributed by atoms with Crippen LogP contribution in [0.1, 0.15) is 22.4 Å². The SMILES string of the molecule is Cc1cc(NCc2ccccc2C)nc(NCc2ccccc2)n1. The lowest BCUT2D eigenvalue weighted by Gasteiger charge is -2.11. The van der Waals surface area contributed by atoms with E-state index in [4.69, 9.17) is 0 Å². The number of rotatable bonds is 6. The first-order chi connectivity index (χ1) is 11.7. The molecule has 3 aromatic rings. The normalized spacial score (nSPS) is 10.4. The van der Waals surface area contributed by atoms with Crippen LogP contribution in [0.5, 0.6) is 0 Å². The quantitative estimate of drug-likeness (QED) is 0.711. The van der Waals surface area contributed by atoms with E-state index in [1.165, 1.54) is 16.7 Å². The van der Waals surface area contributed by atoms with Gasteiger partial charge in [-0.25, -0.2) is 4.98 Å². The third-order valence-electron chi connectivity index (χ3n) is 3.87. The summed E-state index contributed by atoms with van der Waals surface area (Å²) >= 11 is 0. The second-order valence-corrected chi connectivity index (χ2v) is 5.84. The van der Waals surface area contributed by atoms with Crippen LogP contribution in [-0.4, -0.2) is 9.97 Å². The van der Waals surface area contributed by atoms with Gasteiger partial charge in [-0.15, -0.1) is 0 Å². The van der Waals surface area contributed by atoms with Crippen LogP contribution in [0, 0.1) is 13.8 Å². The molecule has 0 bridgehead atoms. The van der Waals surface area contributed by atoms with Gasteiger partial charge in [0.05, 0.1) is 0 Å². The molecule has 0 amide bonds. The van der Waals surface area contributed by atoms with Crippen molar-refractivity contribution in [1.82, 2.24) is 9.97 Å². The first-order valence-electron chi connectivity index (χ1n) is 8.12. The van der Waals surface area contributed by atoms with Crippen LogP contribution in [-0.2, 0) is 13.1 Å². The first-order valence-corrected chi connectivity index (χ1v) is 8.12. The second-order valence-electron chi connectivity index (χ2n) is 5.84. The number of anilines is 2. The Morgan fingerprint density at radius 1 is 0.792 bits per heavy atom. The topological polar surface area (TPSA) is 49.8 Å². The van der Waals surface area contributed by atoms with Crippen molar-refractivity contribution in [2.75, 3.05) is 10.6 Å². The van der Waals surface area contributed by atoms with Gasteiger partial charge >= 0.3 is 0 Å². The molecule has 0 saturated heterocycles. The lowest BCUT2D eigenvalue weighted by molar-refractivity contribution is 1.01. The minimum Gasteiger partial charge on any atom is -0.366 e. The molecule has 1 heterocycles. The van der Waals surface area contributed by atoms with Gasteiger partial charge in [0.1, 0.15) is 5.82 Å². The van der Waals surface area contributed by atoms with E-state index in [2.05, 4.69) is 63.9 Å². The number of aromatic nitrogens is 2. The zero-order chi connectivity index (χ0) is 16.8. The fraction of sp³-hybridized carbons (Fsp3) is 0.200. The highest BCUT2D eigenvalue weighted by Crippen LogP contribution is 2.14. The monoisotopic (exact) mass is 318 g/mol. The van der Waals surface area contributed by atoms with E-state index in [0.717, 1.165) is 18.1 Å². The third-order valence-corrected chi connectivity index (χ3v) is 3.87. The highest BCUT2D eigenvalue weighted by atomic mass is 15.1. The molecule has 0 radical (unpaired) electrons. The molecule has 0 unspecified atom stereocenters. The van der Waals surface area contributed by atoms with Crippen LogP contribution in [0.15, 0.2) is 60.7 Å². The summed E-state index contributed by atoms with van der Waals surface area (Å²) in [5.74, 6) is 1.48. The van der Waals surface area contributed by atoms with E-state index in [0.29, 0.717) is 12.5 Å². The number of hydrogen-bond acceptors (Lipinski definition) is 4. The minimum atomic E-state index is 0.645. The summed E-state index contributed by atoms with van der Waals surface area (Å²) in [7, 11) is 0. The molecular weight excluding hydrogens is 296 g/mol. The van der Waals surface area contributed by atoms with Gasteiger partial charge in [0.15, 0.2) is 0 Å². The summed E-state index contributed by atoms with van der Waals surface area (Å²) in [6, 6.07) is 20.6. The molecule has 0 spiro atoms. The Morgan fingerprint density at radius 3 is 2.33 bits per heavy atom. The summed E-state index contributed by atoms with van der Waals surface area (Å²) in [6.07, 6.45) is 0. The first kappa shape index (κ1) is 16.0. The van der Waals surface area contributed by atoms with Gasteiger partial charge in [0.25, 0.3) is 0 Å². The van der Waals surface area contributed by atoms with E-state index in [-0.39, 0.29) is 0 Å². The lowest BCUT2D eigenvalue weighted by atomic mass is 10.1. The Labute approximate surface area is 143 Å². The molecule has 4 nitrogen and oxygen atoms in total. The van der Waals surface area contributed by atoms with Crippen molar-refractivity contribution in [3.63, 3.8) is 0 Å². The van der Waals surface area contributed by atoms with E-state index in [1.54, 1.807) is 0 Å². The van der Waals surface area contributed by atoms with E-state index in [9.17, 15) is 0 Å².